The molecule has 0 aromatic heterocycles. The Bertz CT molecular complexity index is 710. The van der Waals surface area contributed by atoms with Crippen molar-refractivity contribution in [2.75, 3.05) is 13.1 Å². The van der Waals surface area contributed by atoms with Gasteiger partial charge in [0.15, 0.2) is 0 Å². The Balaban J connectivity index is 2.05. The minimum absolute atomic E-state index is 0.0140. The molecule has 26 heavy (non-hydrogen) atoms. The molecule has 0 radical (unpaired) electrons. The number of likely N-dealkylation sites (tertiary alicyclic amines) is 1. The summed E-state index contributed by atoms with van der Waals surface area (Å²) in [5.41, 5.74) is 0.859. The fourth-order valence-electron chi connectivity index (χ4n) is 2.93. The van der Waals surface area contributed by atoms with Crippen LogP contribution in [0, 0.1) is 12.7 Å². The van der Waals surface area contributed by atoms with Crippen LogP contribution in [0.3, 0.4) is 0 Å². The maximum absolute atomic E-state index is 14.2. The minimum atomic E-state index is -0.570. The van der Waals surface area contributed by atoms with Crippen LogP contribution in [0.1, 0.15) is 55.1 Å². The van der Waals surface area contributed by atoms with Gasteiger partial charge in [0.1, 0.15) is 11.4 Å². The molecule has 0 bridgehead atoms. The Labute approximate surface area is 154 Å². The molecule has 2 amide bonds. The zero-order valence-electron chi connectivity index (χ0n) is 15.9. The van der Waals surface area contributed by atoms with Gasteiger partial charge in [0.2, 0.25) is 0 Å². The number of nitrogens with zero attached hydrogens (tertiary/aromatic N) is 1. The van der Waals surface area contributed by atoms with E-state index in [1.165, 1.54) is 12.1 Å². The van der Waals surface area contributed by atoms with E-state index in [2.05, 4.69) is 11.9 Å². The molecule has 0 aliphatic carbocycles. The van der Waals surface area contributed by atoms with Crippen LogP contribution in [0.5, 0.6) is 0 Å². The van der Waals surface area contributed by atoms with Crippen LogP contribution in [0.25, 0.3) is 6.08 Å². The summed E-state index contributed by atoms with van der Waals surface area (Å²) in [5, 5.41) is 2.83. The highest BCUT2D eigenvalue weighted by Crippen LogP contribution is 2.19. The fourth-order valence-corrected chi connectivity index (χ4v) is 2.93. The number of amides is 2. The van der Waals surface area contributed by atoms with Gasteiger partial charge in [-0.25, -0.2) is 9.18 Å². The van der Waals surface area contributed by atoms with Gasteiger partial charge in [0.05, 0.1) is 5.56 Å². The number of halogens is 1. The molecule has 1 saturated heterocycles. The van der Waals surface area contributed by atoms with E-state index in [4.69, 9.17) is 4.74 Å². The molecular formula is C20H27FN2O3. The van der Waals surface area contributed by atoms with E-state index in [1.54, 1.807) is 17.9 Å². The molecule has 142 valence electrons. The van der Waals surface area contributed by atoms with Crippen molar-refractivity contribution in [3.63, 3.8) is 0 Å². The zero-order valence-corrected chi connectivity index (χ0v) is 15.9. The van der Waals surface area contributed by atoms with Crippen molar-refractivity contribution in [3.05, 3.63) is 41.2 Å². The second-order valence-electron chi connectivity index (χ2n) is 7.63. The molecule has 6 heteroatoms. The monoisotopic (exact) mass is 362 g/mol. The number of piperidine rings is 1. The number of aryl methyl sites for hydroxylation is 1. The van der Waals surface area contributed by atoms with Crippen LogP contribution in [-0.2, 0) is 4.74 Å². The second kappa shape index (κ2) is 7.89. The largest absolute Gasteiger partial charge is 0.444 e. The molecule has 2 rings (SSSR count). The van der Waals surface area contributed by atoms with E-state index < -0.39 is 23.4 Å². The highest BCUT2D eigenvalue weighted by atomic mass is 19.1. The van der Waals surface area contributed by atoms with E-state index in [9.17, 15) is 14.0 Å². The summed E-state index contributed by atoms with van der Waals surface area (Å²) in [4.78, 5) is 26.3. The molecule has 1 N–H and O–H groups in total. The van der Waals surface area contributed by atoms with Crippen molar-refractivity contribution in [1.29, 1.82) is 0 Å². The van der Waals surface area contributed by atoms with Gasteiger partial charge in [-0.3, -0.25) is 4.79 Å². The van der Waals surface area contributed by atoms with Gasteiger partial charge in [0.25, 0.3) is 5.91 Å². The van der Waals surface area contributed by atoms with E-state index in [1.807, 2.05) is 20.8 Å². The molecular weight excluding hydrogens is 335 g/mol. The standard InChI is InChI=1S/C20H27FN2O3/c1-6-14-11-16(17(21)10-13(14)2)18(24)22-15-8-7-9-23(12-15)19(25)26-20(3,4)5/h6,10-11,15H,1,7-9,12H2,2-5H3,(H,22,24)/t15-/m1/s1. The van der Waals surface area contributed by atoms with Crippen molar-refractivity contribution >= 4 is 18.1 Å². The molecule has 1 aliphatic heterocycles. The molecule has 0 spiro atoms. The summed E-state index contributed by atoms with van der Waals surface area (Å²) in [5.74, 6) is -1.05. The van der Waals surface area contributed by atoms with Crippen molar-refractivity contribution in [1.82, 2.24) is 10.2 Å². The van der Waals surface area contributed by atoms with E-state index in [0.717, 1.165) is 24.0 Å². The van der Waals surface area contributed by atoms with Gasteiger partial charge in [-0.1, -0.05) is 12.7 Å². The SMILES string of the molecule is C=Cc1cc(C(=O)N[C@@H]2CCCN(C(=O)OC(C)(C)C)C2)c(F)cc1C. The second-order valence-corrected chi connectivity index (χ2v) is 7.63. The third kappa shape index (κ3) is 5.07. The van der Waals surface area contributed by atoms with Gasteiger partial charge in [-0.2, -0.15) is 0 Å². The summed E-state index contributed by atoms with van der Waals surface area (Å²) in [7, 11) is 0. The highest BCUT2D eigenvalue weighted by Gasteiger charge is 2.29. The normalized spacial score (nSPS) is 17.6. The van der Waals surface area contributed by atoms with E-state index >= 15 is 0 Å². The number of carbonyl (C=O) groups excluding carboxylic acids is 2. The first kappa shape index (κ1) is 19.9. The molecule has 0 saturated carbocycles. The van der Waals surface area contributed by atoms with E-state index in [-0.39, 0.29) is 11.6 Å². The number of benzene rings is 1. The van der Waals surface area contributed by atoms with Crippen LogP contribution in [0.15, 0.2) is 18.7 Å². The average molecular weight is 362 g/mol. The average Bonchev–Trinajstić information content (AvgIpc) is 2.53. The van der Waals surface area contributed by atoms with Crippen molar-refractivity contribution in [2.45, 2.75) is 52.2 Å². The van der Waals surface area contributed by atoms with Crippen LogP contribution in [0.2, 0.25) is 0 Å². The molecule has 0 unspecified atom stereocenters. The van der Waals surface area contributed by atoms with E-state index in [0.29, 0.717) is 13.1 Å². The smallest absolute Gasteiger partial charge is 0.410 e. The maximum Gasteiger partial charge on any atom is 0.410 e. The van der Waals surface area contributed by atoms with Gasteiger partial charge in [-0.15, -0.1) is 0 Å². The van der Waals surface area contributed by atoms with Gasteiger partial charge in [0, 0.05) is 19.1 Å². The van der Waals surface area contributed by atoms with Crippen molar-refractivity contribution in [2.24, 2.45) is 0 Å². The number of hydrogen-bond acceptors (Lipinski definition) is 3. The van der Waals surface area contributed by atoms with Crippen molar-refractivity contribution < 1.29 is 18.7 Å². The van der Waals surface area contributed by atoms with Crippen LogP contribution >= 0.6 is 0 Å². The molecule has 1 fully saturated rings. The molecule has 1 atom stereocenters. The Morgan fingerprint density at radius 2 is 2.08 bits per heavy atom. The topological polar surface area (TPSA) is 58.6 Å². The maximum atomic E-state index is 14.2. The van der Waals surface area contributed by atoms with Gasteiger partial charge in [-0.05, 0) is 63.8 Å². The molecule has 1 aromatic carbocycles. The molecule has 5 nitrogen and oxygen atoms in total. The van der Waals surface area contributed by atoms with Crippen LogP contribution in [-0.4, -0.2) is 41.6 Å². The first-order chi connectivity index (χ1) is 12.1. The number of nitrogens with one attached hydrogen (secondary N) is 1. The van der Waals surface area contributed by atoms with Gasteiger partial charge >= 0.3 is 6.09 Å². The lowest BCUT2D eigenvalue weighted by atomic mass is 10.0. The van der Waals surface area contributed by atoms with Gasteiger partial charge < -0.3 is 15.0 Å². The summed E-state index contributed by atoms with van der Waals surface area (Å²) >= 11 is 0. The number of ether oxygens (including phenoxy) is 1. The first-order valence-electron chi connectivity index (χ1n) is 8.82. The molecule has 1 aliphatic rings. The lowest BCUT2D eigenvalue weighted by Gasteiger charge is -2.34. The third-order valence-electron chi connectivity index (χ3n) is 4.23. The lowest BCUT2D eigenvalue weighted by Crippen LogP contribution is -2.50. The number of rotatable bonds is 3. The Morgan fingerprint density at radius 1 is 1.38 bits per heavy atom. The highest BCUT2D eigenvalue weighted by molar-refractivity contribution is 5.95. The van der Waals surface area contributed by atoms with Crippen molar-refractivity contribution in [3.8, 4) is 0 Å². The Hall–Kier alpha value is -2.37. The molecule has 1 heterocycles. The quantitative estimate of drug-likeness (QED) is 0.887. The predicted octanol–water partition coefficient (Wildman–Crippen LogP) is 3.91. The summed E-state index contributed by atoms with van der Waals surface area (Å²) in [6.45, 7) is 11.8. The lowest BCUT2D eigenvalue weighted by molar-refractivity contribution is 0.0185. The third-order valence-corrected chi connectivity index (χ3v) is 4.23. The first-order valence-corrected chi connectivity index (χ1v) is 8.82. The Morgan fingerprint density at radius 3 is 2.69 bits per heavy atom. The Kier molecular flexibility index (Phi) is 6.05. The molecule has 1 aromatic rings. The predicted molar refractivity (Wildman–Crippen MR) is 99.5 cm³/mol. The fraction of sp³-hybridized carbons (Fsp3) is 0.500. The summed E-state index contributed by atoms with van der Waals surface area (Å²) < 4.78 is 19.6. The minimum Gasteiger partial charge on any atom is -0.444 e. The number of hydrogen-bond donors (Lipinski definition) is 1. The zero-order chi connectivity index (χ0) is 19.5. The summed E-state index contributed by atoms with van der Waals surface area (Å²) in [6, 6.07) is 2.60. The van der Waals surface area contributed by atoms with Crippen LogP contribution < -0.4 is 5.32 Å². The summed E-state index contributed by atoms with van der Waals surface area (Å²) in [6.07, 6.45) is 2.67. The van der Waals surface area contributed by atoms with Crippen LogP contribution in [0.4, 0.5) is 9.18 Å². The number of carbonyl (C=O) groups is 2.